The minimum atomic E-state index is -1.10. The molecule has 1 aliphatic heterocycles. The number of aliphatic hydroxyl groups is 1. The Morgan fingerprint density at radius 3 is 2.24 bits per heavy atom. The number of methoxy groups -OCH3 is 1. The van der Waals surface area contributed by atoms with Gasteiger partial charge in [0.1, 0.15) is 17.6 Å². The third-order valence-electron chi connectivity index (χ3n) is 4.47. The van der Waals surface area contributed by atoms with E-state index in [-0.39, 0.29) is 12.0 Å². The summed E-state index contributed by atoms with van der Waals surface area (Å²) in [5, 5.41) is 10.3. The molecule has 0 radical (unpaired) electrons. The van der Waals surface area contributed by atoms with E-state index >= 15 is 0 Å². The Balaban J connectivity index is 1.51. The molecule has 1 amide bonds. The first kappa shape index (κ1) is 17.3. The molecule has 0 bridgehead atoms. The van der Waals surface area contributed by atoms with E-state index < -0.39 is 6.10 Å². The molecule has 5 nitrogen and oxygen atoms in total. The minimum absolute atomic E-state index is 0.0753. The Bertz CT molecular complexity index is 679. The maximum absolute atomic E-state index is 12.5. The van der Waals surface area contributed by atoms with Crippen molar-refractivity contribution in [3.05, 3.63) is 60.2 Å². The summed E-state index contributed by atoms with van der Waals surface area (Å²) in [7, 11) is 1.63. The van der Waals surface area contributed by atoms with Crippen LogP contribution in [0.25, 0.3) is 0 Å². The van der Waals surface area contributed by atoms with Gasteiger partial charge in [0.2, 0.25) is 0 Å². The van der Waals surface area contributed by atoms with Crippen LogP contribution in [-0.2, 0) is 4.79 Å². The summed E-state index contributed by atoms with van der Waals surface area (Å²) < 4.78 is 11.1. The van der Waals surface area contributed by atoms with Crippen molar-refractivity contribution in [3.8, 4) is 11.5 Å². The highest BCUT2D eigenvalue weighted by Crippen LogP contribution is 2.23. The lowest BCUT2D eigenvalue weighted by atomic mass is 10.0. The average molecular weight is 341 g/mol. The van der Waals surface area contributed by atoms with Crippen molar-refractivity contribution in [2.45, 2.75) is 25.0 Å². The molecule has 2 aromatic carbocycles. The average Bonchev–Trinajstić information content (AvgIpc) is 2.69. The molecule has 0 aromatic heterocycles. The molecule has 1 N–H and O–H groups in total. The predicted octanol–water partition coefficient (Wildman–Crippen LogP) is 2.80. The summed E-state index contributed by atoms with van der Waals surface area (Å²) in [5.74, 6) is 1.35. The first-order valence-corrected chi connectivity index (χ1v) is 8.50. The molecule has 0 unspecified atom stereocenters. The van der Waals surface area contributed by atoms with Crippen LogP contribution in [0.1, 0.15) is 24.5 Å². The molecule has 0 aliphatic carbocycles. The van der Waals surface area contributed by atoms with Gasteiger partial charge in [-0.1, -0.05) is 30.3 Å². The van der Waals surface area contributed by atoms with Gasteiger partial charge in [-0.2, -0.15) is 0 Å². The number of rotatable bonds is 5. The minimum Gasteiger partial charge on any atom is -0.497 e. The Hall–Kier alpha value is -2.53. The molecule has 1 fully saturated rings. The number of hydrogen-bond donors (Lipinski definition) is 1. The molecule has 1 saturated heterocycles. The molecular weight excluding hydrogens is 318 g/mol. The number of carbonyl (C=O) groups excluding carboxylic acids is 1. The van der Waals surface area contributed by atoms with Crippen molar-refractivity contribution >= 4 is 5.91 Å². The van der Waals surface area contributed by atoms with Crippen molar-refractivity contribution in [2.24, 2.45) is 0 Å². The zero-order chi connectivity index (χ0) is 17.6. The van der Waals surface area contributed by atoms with Crippen molar-refractivity contribution in [3.63, 3.8) is 0 Å². The van der Waals surface area contributed by atoms with E-state index in [1.807, 2.05) is 42.5 Å². The van der Waals surface area contributed by atoms with E-state index in [2.05, 4.69) is 0 Å². The van der Waals surface area contributed by atoms with Gasteiger partial charge in [-0.05, 0) is 29.8 Å². The van der Waals surface area contributed by atoms with Crippen molar-refractivity contribution < 1.29 is 19.4 Å². The quantitative estimate of drug-likeness (QED) is 0.908. The zero-order valence-electron chi connectivity index (χ0n) is 14.3. The lowest BCUT2D eigenvalue weighted by molar-refractivity contribution is -0.142. The first-order valence-electron chi connectivity index (χ1n) is 8.50. The van der Waals surface area contributed by atoms with Crippen LogP contribution < -0.4 is 9.47 Å². The van der Waals surface area contributed by atoms with Gasteiger partial charge in [0.25, 0.3) is 5.91 Å². The predicted molar refractivity (Wildman–Crippen MR) is 94.6 cm³/mol. The van der Waals surface area contributed by atoms with Gasteiger partial charge in [0.15, 0.2) is 6.10 Å². The Morgan fingerprint density at radius 2 is 1.64 bits per heavy atom. The second kappa shape index (κ2) is 8.03. The van der Waals surface area contributed by atoms with Gasteiger partial charge < -0.3 is 19.5 Å². The van der Waals surface area contributed by atoms with Crippen molar-refractivity contribution in [2.75, 3.05) is 20.2 Å². The molecule has 0 spiro atoms. The molecule has 132 valence electrons. The third kappa shape index (κ3) is 4.31. The maximum atomic E-state index is 12.5. The van der Waals surface area contributed by atoms with Crippen LogP contribution in [0.2, 0.25) is 0 Å². The smallest absolute Gasteiger partial charge is 0.256 e. The molecule has 25 heavy (non-hydrogen) atoms. The fraction of sp³-hybridized carbons (Fsp3) is 0.350. The molecular formula is C20H23NO4. The van der Waals surface area contributed by atoms with Crippen LogP contribution >= 0.6 is 0 Å². The molecule has 1 atom stereocenters. The highest BCUT2D eigenvalue weighted by molar-refractivity contribution is 5.82. The van der Waals surface area contributed by atoms with Gasteiger partial charge >= 0.3 is 0 Å². The number of carbonyl (C=O) groups is 1. The molecule has 0 saturated carbocycles. The fourth-order valence-corrected chi connectivity index (χ4v) is 2.99. The lowest BCUT2D eigenvalue weighted by Crippen LogP contribution is -2.43. The van der Waals surface area contributed by atoms with Crippen molar-refractivity contribution in [1.29, 1.82) is 0 Å². The number of hydrogen-bond acceptors (Lipinski definition) is 4. The second-order valence-electron chi connectivity index (χ2n) is 6.13. The summed E-state index contributed by atoms with van der Waals surface area (Å²) in [6, 6.07) is 16.5. The summed E-state index contributed by atoms with van der Waals surface area (Å²) in [5.41, 5.74) is 0.629. The highest BCUT2D eigenvalue weighted by atomic mass is 16.5. The maximum Gasteiger partial charge on any atom is 0.256 e. The van der Waals surface area contributed by atoms with E-state index in [0.717, 1.165) is 24.3 Å². The lowest BCUT2D eigenvalue weighted by Gasteiger charge is -2.33. The van der Waals surface area contributed by atoms with Crippen LogP contribution in [0, 0.1) is 0 Å². The van der Waals surface area contributed by atoms with Crippen LogP contribution in [0.3, 0.4) is 0 Å². The molecule has 1 heterocycles. The summed E-state index contributed by atoms with van der Waals surface area (Å²) in [6.45, 7) is 1.17. The van der Waals surface area contributed by atoms with Gasteiger partial charge in [0.05, 0.1) is 7.11 Å². The number of piperidine rings is 1. The van der Waals surface area contributed by atoms with Gasteiger partial charge in [-0.15, -0.1) is 0 Å². The Kier molecular flexibility index (Phi) is 5.56. The number of likely N-dealkylation sites (tertiary alicyclic amines) is 1. The second-order valence-corrected chi connectivity index (χ2v) is 6.13. The normalized spacial score (nSPS) is 16.3. The fourth-order valence-electron chi connectivity index (χ4n) is 2.99. The standard InChI is InChI=1S/C20H23NO4/c1-24-16-7-9-17(10-8-16)25-18-11-13-21(14-12-18)20(23)19(22)15-5-3-2-4-6-15/h2-10,18-19,22H,11-14H2,1H3/t19-/m1/s1. The number of nitrogens with zero attached hydrogens (tertiary/aromatic N) is 1. The van der Waals surface area contributed by atoms with E-state index in [1.54, 1.807) is 24.1 Å². The Morgan fingerprint density at radius 1 is 1.04 bits per heavy atom. The highest BCUT2D eigenvalue weighted by Gasteiger charge is 2.28. The molecule has 2 aromatic rings. The summed E-state index contributed by atoms with van der Waals surface area (Å²) in [6.07, 6.45) is 0.477. The SMILES string of the molecule is COc1ccc(OC2CCN(C(=O)[C@H](O)c3ccccc3)CC2)cc1. The van der Waals surface area contributed by atoms with Crippen molar-refractivity contribution in [1.82, 2.24) is 4.90 Å². The van der Waals surface area contributed by atoms with Gasteiger partial charge in [-0.25, -0.2) is 0 Å². The number of amides is 1. The van der Waals surface area contributed by atoms with Crippen LogP contribution in [0.15, 0.2) is 54.6 Å². The van der Waals surface area contributed by atoms with E-state index in [0.29, 0.717) is 18.7 Å². The van der Waals surface area contributed by atoms with Crippen LogP contribution in [0.5, 0.6) is 11.5 Å². The third-order valence-corrected chi connectivity index (χ3v) is 4.47. The first-order chi connectivity index (χ1) is 12.2. The Labute approximate surface area is 147 Å². The number of aliphatic hydroxyl groups excluding tert-OH is 1. The number of benzene rings is 2. The largest absolute Gasteiger partial charge is 0.497 e. The van der Waals surface area contributed by atoms with Crippen LogP contribution in [0.4, 0.5) is 0 Å². The van der Waals surface area contributed by atoms with Gasteiger partial charge in [0, 0.05) is 25.9 Å². The van der Waals surface area contributed by atoms with Gasteiger partial charge in [-0.3, -0.25) is 4.79 Å². The van der Waals surface area contributed by atoms with E-state index in [4.69, 9.17) is 9.47 Å². The summed E-state index contributed by atoms with van der Waals surface area (Å²) in [4.78, 5) is 14.2. The monoisotopic (exact) mass is 341 g/mol. The van der Waals surface area contributed by atoms with E-state index in [9.17, 15) is 9.90 Å². The van der Waals surface area contributed by atoms with E-state index in [1.165, 1.54) is 0 Å². The van der Waals surface area contributed by atoms with Crippen LogP contribution in [-0.4, -0.2) is 42.2 Å². The topological polar surface area (TPSA) is 59.0 Å². The summed E-state index contributed by atoms with van der Waals surface area (Å²) >= 11 is 0. The molecule has 3 rings (SSSR count). The molecule has 1 aliphatic rings. The zero-order valence-corrected chi connectivity index (χ0v) is 14.3. The number of ether oxygens (including phenoxy) is 2. The molecule has 5 heteroatoms.